The highest BCUT2D eigenvalue weighted by Crippen LogP contribution is 2.28. The number of nitriles is 1. The molecule has 0 saturated carbocycles. The van der Waals surface area contributed by atoms with Crippen LogP contribution in [0.15, 0.2) is 12.1 Å². The van der Waals surface area contributed by atoms with E-state index in [9.17, 15) is 13.6 Å². The molecule has 0 saturated heterocycles. The summed E-state index contributed by atoms with van der Waals surface area (Å²) in [5.74, 6) is -1.41. The SMILES string of the molecule is Cc1ccc(CC(=O)O)c(C#N)c1OC(F)F. The van der Waals surface area contributed by atoms with Gasteiger partial charge in [0.15, 0.2) is 0 Å². The summed E-state index contributed by atoms with van der Waals surface area (Å²) < 4.78 is 28.6. The maximum absolute atomic E-state index is 12.2. The van der Waals surface area contributed by atoms with Crippen molar-refractivity contribution in [3.8, 4) is 11.8 Å². The summed E-state index contributed by atoms with van der Waals surface area (Å²) in [6, 6.07) is 4.55. The molecule has 6 heteroatoms. The molecule has 1 aromatic rings. The molecular formula is C11H9F2NO3. The lowest BCUT2D eigenvalue weighted by molar-refractivity contribution is -0.136. The Morgan fingerprint density at radius 1 is 1.59 bits per heavy atom. The lowest BCUT2D eigenvalue weighted by atomic mass is 10.0. The Labute approximate surface area is 96.0 Å². The maximum Gasteiger partial charge on any atom is 0.387 e. The molecule has 1 rings (SSSR count). The second-order valence-electron chi connectivity index (χ2n) is 3.31. The molecule has 0 aliphatic heterocycles. The summed E-state index contributed by atoms with van der Waals surface area (Å²) >= 11 is 0. The number of carboxylic acid groups (broad SMARTS) is 1. The average molecular weight is 241 g/mol. The highest BCUT2D eigenvalue weighted by Gasteiger charge is 2.17. The molecule has 1 aromatic carbocycles. The molecule has 1 N–H and O–H groups in total. The number of halogens is 2. The van der Waals surface area contributed by atoms with E-state index in [0.29, 0.717) is 5.56 Å². The summed E-state index contributed by atoms with van der Waals surface area (Å²) in [6.07, 6.45) is -0.414. The Morgan fingerprint density at radius 3 is 2.71 bits per heavy atom. The first kappa shape index (κ1) is 12.9. The fourth-order valence-electron chi connectivity index (χ4n) is 1.40. The second kappa shape index (κ2) is 5.25. The van der Waals surface area contributed by atoms with E-state index in [1.807, 2.05) is 0 Å². The van der Waals surface area contributed by atoms with Crippen LogP contribution in [0.4, 0.5) is 8.78 Å². The Kier molecular flexibility index (Phi) is 3.99. The van der Waals surface area contributed by atoms with Crippen molar-refractivity contribution >= 4 is 5.97 Å². The van der Waals surface area contributed by atoms with Crippen LogP contribution in [0, 0.1) is 18.3 Å². The molecule has 0 aliphatic rings. The van der Waals surface area contributed by atoms with Crippen LogP contribution >= 0.6 is 0 Å². The van der Waals surface area contributed by atoms with Gasteiger partial charge in [-0.05, 0) is 18.1 Å². The van der Waals surface area contributed by atoms with Gasteiger partial charge in [-0.2, -0.15) is 14.0 Å². The van der Waals surface area contributed by atoms with Crippen molar-refractivity contribution in [3.63, 3.8) is 0 Å². The number of alkyl halides is 2. The minimum absolute atomic E-state index is 0.154. The molecule has 0 radical (unpaired) electrons. The first-order valence-electron chi connectivity index (χ1n) is 4.65. The van der Waals surface area contributed by atoms with Crippen LogP contribution in [-0.4, -0.2) is 17.7 Å². The maximum atomic E-state index is 12.2. The third kappa shape index (κ3) is 3.14. The normalized spacial score (nSPS) is 10.1. The average Bonchev–Trinajstić information content (AvgIpc) is 2.22. The number of aliphatic carboxylic acids is 1. The number of carboxylic acids is 1. The van der Waals surface area contributed by atoms with Crippen LogP contribution in [0.3, 0.4) is 0 Å². The Morgan fingerprint density at radius 2 is 2.24 bits per heavy atom. The van der Waals surface area contributed by atoms with Crippen molar-refractivity contribution in [1.29, 1.82) is 5.26 Å². The smallest absolute Gasteiger partial charge is 0.387 e. The predicted molar refractivity (Wildman–Crippen MR) is 53.9 cm³/mol. The highest BCUT2D eigenvalue weighted by molar-refractivity contribution is 5.72. The Bertz CT molecular complexity index is 480. The molecule has 0 bridgehead atoms. The monoisotopic (exact) mass is 241 g/mol. The minimum Gasteiger partial charge on any atom is -0.481 e. The molecule has 0 amide bonds. The third-order valence-electron chi connectivity index (χ3n) is 2.10. The molecule has 0 aliphatic carbocycles. The molecule has 17 heavy (non-hydrogen) atoms. The lowest BCUT2D eigenvalue weighted by Gasteiger charge is -2.12. The molecular weight excluding hydrogens is 232 g/mol. The van der Waals surface area contributed by atoms with E-state index >= 15 is 0 Å². The number of ether oxygens (including phenoxy) is 1. The zero-order chi connectivity index (χ0) is 13.0. The quantitative estimate of drug-likeness (QED) is 0.876. The van der Waals surface area contributed by atoms with Crippen LogP contribution in [-0.2, 0) is 11.2 Å². The zero-order valence-electron chi connectivity index (χ0n) is 8.91. The molecule has 0 unspecified atom stereocenters. The van der Waals surface area contributed by atoms with Crippen molar-refractivity contribution in [1.82, 2.24) is 0 Å². The zero-order valence-corrected chi connectivity index (χ0v) is 8.91. The van der Waals surface area contributed by atoms with E-state index in [-0.39, 0.29) is 16.9 Å². The van der Waals surface area contributed by atoms with Crippen LogP contribution in [0.2, 0.25) is 0 Å². The van der Waals surface area contributed by atoms with E-state index in [4.69, 9.17) is 10.4 Å². The van der Waals surface area contributed by atoms with Crippen LogP contribution in [0.25, 0.3) is 0 Å². The van der Waals surface area contributed by atoms with Gasteiger partial charge in [-0.15, -0.1) is 0 Å². The highest BCUT2D eigenvalue weighted by atomic mass is 19.3. The van der Waals surface area contributed by atoms with Gasteiger partial charge in [0, 0.05) is 0 Å². The largest absolute Gasteiger partial charge is 0.481 e. The number of nitrogens with zero attached hydrogens (tertiary/aromatic N) is 1. The van der Waals surface area contributed by atoms with Gasteiger partial charge in [0.1, 0.15) is 11.8 Å². The summed E-state index contributed by atoms with van der Waals surface area (Å²) in [4.78, 5) is 10.6. The standard InChI is InChI=1S/C11H9F2NO3/c1-6-2-3-7(4-9(15)16)8(5-14)10(6)17-11(12)13/h2-3,11H,4H2,1H3,(H,15,16). The summed E-state index contributed by atoms with van der Waals surface area (Å²) in [7, 11) is 0. The van der Waals surface area contributed by atoms with Crippen LogP contribution < -0.4 is 4.74 Å². The van der Waals surface area contributed by atoms with Gasteiger partial charge in [0.2, 0.25) is 0 Å². The fraction of sp³-hybridized carbons (Fsp3) is 0.273. The van der Waals surface area contributed by atoms with E-state index in [1.165, 1.54) is 19.1 Å². The number of aryl methyl sites for hydroxylation is 1. The van der Waals surface area contributed by atoms with E-state index in [0.717, 1.165) is 0 Å². The topological polar surface area (TPSA) is 70.3 Å². The Hall–Kier alpha value is -2.16. The minimum atomic E-state index is -3.05. The Balaban J connectivity index is 3.27. The van der Waals surface area contributed by atoms with Crippen LogP contribution in [0.1, 0.15) is 16.7 Å². The van der Waals surface area contributed by atoms with E-state index in [2.05, 4.69) is 4.74 Å². The van der Waals surface area contributed by atoms with Crippen molar-refractivity contribution in [2.75, 3.05) is 0 Å². The summed E-state index contributed by atoms with van der Waals surface area (Å²) in [6.45, 7) is -1.55. The van der Waals surface area contributed by atoms with Gasteiger partial charge >= 0.3 is 12.6 Å². The van der Waals surface area contributed by atoms with Gasteiger partial charge in [-0.25, -0.2) is 0 Å². The van der Waals surface area contributed by atoms with Crippen molar-refractivity contribution in [3.05, 3.63) is 28.8 Å². The van der Waals surface area contributed by atoms with E-state index in [1.54, 1.807) is 6.07 Å². The fourth-order valence-corrected chi connectivity index (χ4v) is 1.40. The van der Waals surface area contributed by atoms with E-state index < -0.39 is 19.0 Å². The van der Waals surface area contributed by atoms with Crippen molar-refractivity contribution in [2.45, 2.75) is 20.0 Å². The molecule has 0 spiro atoms. The molecule has 0 fully saturated rings. The molecule has 90 valence electrons. The lowest BCUT2D eigenvalue weighted by Crippen LogP contribution is -2.09. The third-order valence-corrected chi connectivity index (χ3v) is 2.10. The van der Waals surface area contributed by atoms with Gasteiger partial charge in [-0.1, -0.05) is 12.1 Å². The number of hydrogen-bond acceptors (Lipinski definition) is 3. The van der Waals surface area contributed by atoms with Gasteiger partial charge in [0.25, 0.3) is 0 Å². The second-order valence-corrected chi connectivity index (χ2v) is 3.31. The van der Waals surface area contributed by atoms with Gasteiger partial charge in [0.05, 0.1) is 12.0 Å². The van der Waals surface area contributed by atoms with Crippen molar-refractivity contribution < 1.29 is 23.4 Å². The van der Waals surface area contributed by atoms with Crippen molar-refractivity contribution in [2.24, 2.45) is 0 Å². The molecule has 0 aromatic heterocycles. The summed E-state index contributed by atoms with van der Waals surface area (Å²) in [5, 5.41) is 17.5. The number of carbonyl (C=O) groups is 1. The van der Waals surface area contributed by atoms with Gasteiger partial charge < -0.3 is 9.84 Å². The molecule has 0 heterocycles. The predicted octanol–water partition coefficient (Wildman–Crippen LogP) is 2.10. The molecule has 4 nitrogen and oxygen atoms in total. The number of rotatable bonds is 4. The van der Waals surface area contributed by atoms with Gasteiger partial charge in [-0.3, -0.25) is 4.79 Å². The first-order chi connectivity index (χ1) is 7.95. The first-order valence-corrected chi connectivity index (χ1v) is 4.65. The number of benzene rings is 1. The summed E-state index contributed by atoms with van der Waals surface area (Å²) in [5.41, 5.74) is 0.352. The van der Waals surface area contributed by atoms with Crippen LogP contribution in [0.5, 0.6) is 5.75 Å². The number of hydrogen-bond donors (Lipinski definition) is 1. The molecule has 0 atom stereocenters.